The van der Waals surface area contributed by atoms with Crippen LogP contribution < -0.4 is 0 Å². The molecule has 0 aliphatic heterocycles. The van der Waals surface area contributed by atoms with Crippen molar-refractivity contribution in [2.75, 3.05) is 0 Å². The predicted molar refractivity (Wildman–Crippen MR) is 62.7 cm³/mol. The first kappa shape index (κ1) is 10.9. The maximum atomic E-state index is 12.2. The minimum absolute atomic E-state index is 0.365. The van der Waals surface area contributed by atoms with Gasteiger partial charge in [-0.05, 0) is 56.4 Å². The maximum Gasteiger partial charge on any atom is 0.161 e. The van der Waals surface area contributed by atoms with Gasteiger partial charge in [0.1, 0.15) is 0 Å². The van der Waals surface area contributed by atoms with Gasteiger partial charge in [0.25, 0.3) is 0 Å². The molecule has 0 saturated heterocycles. The minimum atomic E-state index is 0.365. The first-order valence-corrected chi connectivity index (χ1v) is 6.50. The Labute approximate surface area is 92.9 Å². The number of carbonyl (C=O) groups excluding carboxylic acids is 1. The monoisotopic (exact) mass is 206 g/mol. The average Bonchev–Trinajstić information content (AvgIpc) is 2.53. The topological polar surface area (TPSA) is 17.1 Å². The molecule has 0 spiro atoms. The van der Waals surface area contributed by atoms with Crippen molar-refractivity contribution in [1.29, 1.82) is 0 Å². The molecule has 2 aliphatic carbocycles. The lowest BCUT2D eigenvalue weighted by Crippen LogP contribution is -2.13. The molecule has 2 rings (SSSR count). The number of carbonyl (C=O) groups is 1. The summed E-state index contributed by atoms with van der Waals surface area (Å²) in [6, 6.07) is 0. The highest BCUT2D eigenvalue weighted by atomic mass is 16.1. The molecule has 15 heavy (non-hydrogen) atoms. The van der Waals surface area contributed by atoms with E-state index in [1.807, 2.05) is 0 Å². The molecule has 0 aromatic rings. The van der Waals surface area contributed by atoms with Crippen LogP contribution in [-0.2, 0) is 4.79 Å². The van der Waals surface area contributed by atoms with Crippen molar-refractivity contribution in [3.05, 3.63) is 11.6 Å². The van der Waals surface area contributed by atoms with Crippen molar-refractivity contribution in [2.24, 2.45) is 11.8 Å². The molecule has 1 fully saturated rings. The number of allylic oxidation sites excluding steroid dienone is 2. The maximum absolute atomic E-state index is 12.2. The molecular formula is C14H22O. The van der Waals surface area contributed by atoms with Gasteiger partial charge in [-0.1, -0.05) is 19.4 Å². The molecule has 0 aromatic heterocycles. The molecule has 0 aromatic carbocycles. The van der Waals surface area contributed by atoms with Crippen LogP contribution in [0.4, 0.5) is 0 Å². The number of ketones is 1. The van der Waals surface area contributed by atoms with E-state index in [-0.39, 0.29) is 0 Å². The fourth-order valence-electron chi connectivity index (χ4n) is 2.95. The van der Waals surface area contributed by atoms with E-state index in [2.05, 4.69) is 13.0 Å². The number of Topliss-reactive ketones (excluding diaryl/α,β-unsaturated/α-hetero) is 1. The van der Waals surface area contributed by atoms with Crippen molar-refractivity contribution in [2.45, 2.75) is 58.3 Å². The van der Waals surface area contributed by atoms with Crippen molar-refractivity contribution in [1.82, 2.24) is 0 Å². The Morgan fingerprint density at radius 1 is 1.27 bits per heavy atom. The van der Waals surface area contributed by atoms with E-state index < -0.39 is 0 Å². The molecule has 1 nitrogen and oxygen atoms in total. The second-order valence-electron chi connectivity index (χ2n) is 5.31. The fourth-order valence-corrected chi connectivity index (χ4v) is 2.95. The van der Waals surface area contributed by atoms with Crippen LogP contribution in [0.1, 0.15) is 58.3 Å². The highest BCUT2D eigenvalue weighted by molar-refractivity contribution is 5.97. The number of hydrogen-bond acceptors (Lipinski definition) is 1. The standard InChI is InChI=1S/C14H22O/c1-11-8-9-13(10-11)14(15)12-6-4-2-3-5-7-12/h6,11,13H,2-5,7-10H2,1H3. The lowest BCUT2D eigenvalue weighted by atomic mass is 9.93. The Bertz CT molecular complexity index is 265. The summed E-state index contributed by atoms with van der Waals surface area (Å²) in [5.41, 5.74) is 1.16. The third-order valence-corrected chi connectivity index (χ3v) is 3.92. The Balaban J connectivity index is 1.97. The van der Waals surface area contributed by atoms with Crippen LogP contribution in [0.15, 0.2) is 11.6 Å². The number of hydrogen-bond donors (Lipinski definition) is 0. The summed E-state index contributed by atoms with van der Waals surface area (Å²) >= 11 is 0. The summed E-state index contributed by atoms with van der Waals surface area (Å²) in [6.45, 7) is 2.27. The molecule has 0 heterocycles. The third-order valence-electron chi connectivity index (χ3n) is 3.92. The summed E-state index contributed by atoms with van der Waals surface area (Å²) in [6.07, 6.45) is 11.7. The normalized spacial score (nSPS) is 32.2. The van der Waals surface area contributed by atoms with Gasteiger partial charge in [-0.2, -0.15) is 0 Å². The van der Waals surface area contributed by atoms with Gasteiger partial charge in [0.05, 0.1) is 0 Å². The third kappa shape index (κ3) is 2.70. The van der Waals surface area contributed by atoms with E-state index in [1.54, 1.807) is 0 Å². The zero-order valence-electron chi connectivity index (χ0n) is 9.80. The Kier molecular flexibility index (Phi) is 3.61. The second-order valence-corrected chi connectivity index (χ2v) is 5.31. The molecular weight excluding hydrogens is 184 g/mol. The SMILES string of the molecule is CC1CCC(C(=O)C2=CCCCCC2)C1. The van der Waals surface area contributed by atoms with E-state index in [0.29, 0.717) is 11.7 Å². The summed E-state index contributed by atoms with van der Waals surface area (Å²) in [4.78, 5) is 12.2. The second kappa shape index (κ2) is 4.96. The fraction of sp³-hybridized carbons (Fsp3) is 0.786. The lowest BCUT2D eigenvalue weighted by Gasteiger charge is -2.10. The quantitative estimate of drug-likeness (QED) is 0.670. The number of rotatable bonds is 2. The summed E-state index contributed by atoms with van der Waals surface area (Å²) in [5, 5.41) is 0. The van der Waals surface area contributed by atoms with E-state index in [9.17, 15) is 4.79 Å². The molecule has 0 N–H and O–H groups in total. The van der Waals surface area contributed by atoms with Crippen molar-refractivity contribution in [3.63, 3.8) is 0 Å². The van der Waals surface area contributed by atoms with Crippen LogP contribution in [-0.4, -0.2) is 5.78 Å². The highest BCUT2D eigenvalue weighted by Gasteiger charge is 2.28. The molecule has 0 radical (unpaired) electrons. The zero-order chi connectivity index (χ0) is 10.7. The Morgan fingerprint density at radius 3 is 2.87 bits per heavy atom. The lowest BCUT2D eigenvalue weighted by molar-refractivity contribution is -0.119. The van der Waals surface area contributed by atoms with Crippen LogP contribution in [0, 0.1) is 11.8 Å². The molecule has 84 valence electrons. The largest absolute Gasteiger partial charge is 0.294 e. The van der Waals surface area contributed by atoms with Gasteiger partial charge in [0, 0.05) is 5.92 Å². The van der Waals surface area contributed by atoms with Crippen LogP contribution in [0.5, 0.6) is 0 Å². The molecule has 2 atom stereocenters. The van der Waals surface area contributed by atoms with Crippen LogP contribution in [0.25, 0.3) is 0 Å². The Morgan fingerprint density at radius 2 is 2.13 bits per heavy atom. The molecule has 0 amide bonds. The zero-order valence-corrected chi connectivity index (χ0v) is 9.80. The van der Waals surface area contributed by atoms with Crippen LogP contribution >= 0.6 is 0 Å². The minimum Gasteiger partial charge on any atom is -0.294 e. The highest BCUT2D eigenvalue weighted by Crippen LogP contribution is 2.34. The van der Waals surface area contributed by atoms with Gasteiger partial charge in [-0.25, -0.2) is 0 Å². The molecule has 1 heteroatoms. The van der Waals surface area contributed by atoms with E-state index in [0.717, 1.165) is 37.2 Å². The van der Waals surface area contributed by atoms with Gasteiger partial charge < -0.3 is 0 Å². The van der Waals surface area contributed by atoms with Crippen molar-refractivity contribution >= 4 is 5.78 Å². The first-order chi connectivity index (χ1) is 7.27. The van der Waals surface area contributed by atoms with Gasteiger partial charge in [0.2, 0.25) is 0 Å². The van der Waals surface area contributed by atoms with E-state index in [1.165, 1.54) is 25.7 Å². The summed E-state index contributed by atoms with van der Waals surface area (Å²) in [5.74, 6) is 1.62. The van der Waals surface area contributed by atoms with Gasteiger partial charge in [-0.15, -0.1) is 0 Å². The van der Waals surface area contributed by atoms with Crippen molar-refractivity contribution in [3.8, 4) is 0 Å². The van der Waals surface area contributed by atoms with E-state index in [4.69, 9.17) is 0 Å². The molecule has 2 aliphatic rings. The molecule has 2 unspecified atom stereocenters. The average molecular weight is 206 g/mol. The Hall–Kier alpha value is -0.590. The van der Waals surface area contributed by atoms with Gasteiger partial charge >= 0.3 is 0 Å². The predicted octanol–water partition coefficient (Wildman–Crippen LogP) is 3.88. The van der Waals surface area contributed by atoms with Crippen LogP contribution in [0.3, 0.4) is 0 Å². The van der Waals surface area contributed by atoms with E-state index >= 15 is 0 Å². The molecule has 0 bridgehead atoms. The first-order valence-electron chi connectivity index (χ1n) is 6.50. The smallest absolute Gasteiger partial charge is 0.161 e. The molecule has 1 saturated carbocycles. The van der Waals surface area contributed by atoms with Crippen LogP contribution in [0.2, 0.25) is 0 Å². The summed E-state index contributed by atoms with van der Waals surface area (Å²) in [7, 11) is 0. The van der Waals surface area contributed by atoms with Gasteiger partial charge in [-0.3, -0.25) is 4.79 Å². The van der Waals surface area contributed by atoms with Crippen molar-refractivity contribution < 1.29 is 4.79 Å². The summed E-state index contributed by atoms with van der Waals surface area (Å²) < 4.78 is 0. The van der Waals surface area contributed by atoms with Gasteiger partial charge in [0.15, 0.2) is 5.78 Å².